The lowest BCUT2D eigenvalue weighted by Crippen LogP contribution is -2.11. The number of benzene rings is 1. The largest absolute Gasteiger partial charge is 0.493 e. The second-order valence-corrected chi connectivity index (χ2v) is 9.37. The van der Waals surface area contributed by atoms with Gasteiger partial charge in [0.25, 0.3) is 0 Å². The zero-order valence-electron chi connectivity index (χ0n) is 20.7. The quantitative estimate of drug-likeness (QED) is 0.181. The highest BCUT2D eigenvalue weighted by atomic mass is 16.5. The van der Waals surface area contributed by atoms with E-state index in [9.17, 15) is 0 Å². The Kier molecular flexibility index (Phi) is 18.0. The van der Waals surface area contributed by atoms with Gasteiger partial charge in [-0.15, -0.1) is 0 Å². The molecule has 0 bridgehead atoms. The van der Waals surface area contributed by atoms with Crippen LogP contribution in [0, 0.1) is 5.92 Å². The number of aryl methyl sites for hydroxylation is 1. The number of ether oxygens (including phenoxy) is 1. The van der Waals surface area contributed by atoms with Crippen LogP contribution in [0.1, 0.15) is 135 Å². The Bertz CT molecular complexity index is 481. The van der Waals surface area contributed by atoms with Gasteiger partial charge in [-0.1, -0.05) is 129 Å². The summed E-state index contributed by atoms with van der Waals surface area (Å²) >= 11 is 0. The van der Waals surface area contributed by atoms with Crippen LogP contribution in [-0.2, 0) is 6.42 Å². The van der Waals surface area contributed by atoms with Crippen LogP contribution in [0.5, 0.6) is 5.75 Å². The predicted molar refractivity (Wildman–Crippen MR) is 135 cm³/mol. The van der Waals surface area contributed by atoms with E-state index >= 15 is 0 Å². The molecule has 0 saturated heterocycles. The van der Waals surface area contributed by atoms with E-state index < -0.39 is 0 Å². The highest BCUT2D eigenvalue weighted by molar-refractivity contribution is 5.28. The molecule has 0 aliphatic rings. The molecule has 0 N–H and O–H groups in total. The van der Waals surface area contributed by atoms with Crippen molar-refractivity contribution in [3.8, 4) is 5.75 Å². The Balaban J connectivity index is 2.03. The molecule has 1 aromatic carbocycles. The van der Waals surface area contributed by atoms with Crippen molar-refractivity contribution in [2.45, 2.75) is 136 Å². The fraction of sp³-hybridized carbons (Fsp3) is 0.793. The minimum absolute atomic E-state index is 0.703. The van der Waals surface area contributed by atoms with E-state index in [0.29, 0.717) is 5.92 Å². The van der Waals surface area contributed by atoms with Gasteiger partial charge in [0, 0.05) is 0 Å². The first-order valence-electron chi connectivity index (χ1n) is 13.5. The lowest BCUT2D eigenvalue weighted by Gasteiger charge is -2.16. The maximum absolute atomic E-state index is 6.12. The molecular formula is C29H52O. The maximum Gasteiger partial charge on any atom is 0.119 e. The van der Waals surface area contributed by atoms with Crippen LogP contribution in [0.25, 0.3) is 0 Å². The van der Waals surface area contributed by atoms with Crippen molar-refractivity contribution in [2.24, 2.45) is 5.92 Å². The summed E-state index contributed by atoms with van der Waals surface area (Å²) in [4.78, 5) is 0. The maximum atomic E-state index is 6.12. The van der Waals surface area contributed by atoms with Crippen LogP contribution >= 0.6 is 0 Å². The average molecular weight is 417 g/mol. The summed E-state index contributed by atoms with van der Waals surface area (Å²) in [5.41, 5.74) is 1.44. The van der Waals surface area contributed by atoms with Crippen molar-refractivity contribution < 1.29 is 4.74 Å². The van der Waals surface area contributed by atoms with Crippen LogP contribution < -0.4 is 4.74 Å². The first kappa shape index (κ1) is 27.1. The van der Waals surface area contributed by atoms with E-state index in [1.807, 2.05) is 0 Å². The SMILES string of the molecule is CCCCCCCCCCCCCCCc1cccc(OCC(CC)CCCC)c1. The number of rotatable bonds is 21. The smallest absolute Gasteiger partial charge is 0.119 e. The van der Waals surface area contributed by atoms with Gasteiger partial charge in [-0.25, -0.2) is 0 Å². The average Bonchev–Trinajstić information content (AvgIpc) is 2.77. The summed E-state index contributed by atoms with van der Waals surface area (Å²) in [5, 5.41) is 0. The molecule has 0 amide bonds. The number of unbranched alkanes of at least 4 members (excludes halogenated alkanes) is 13. The minimum atomic E-state index is 0.703. The van der Waals surface area contributed by atoms with Gasteiger partial charge in [0.1, 0.15) is 5.75 Å². The van der Waals surface area contributed by atoms with Crippen molar-refractivity contribution in [1.29, 1.82) is 0 Å². The summed E-state index contributed by atoms with van der Waals surface area (Å²) < 4.78 is 6.12. The van der Waals surface area contributed by atoms with Gasteiger partial charge in [-0.2, -0.15) is 0 Å². The third-order valence-electron chi connectivity index (χ3n) is 6.50. The predicted octanol–water partition coefficient (Wildman–Crippen LogP) is 9.92. The van der Waals surface area contributed by atoms with Gasteiger partial charge in [-0.05, 0) is 42.9 Å². The van der Waals surface area contributed by atoms with Crippen LogP contribution in [-0.4, -0.2) is 6.61 Å². The molecule has 30 heavy (non-hydrogen) atoms. The van der Waals surface area contributed by atoms with Crippen LogP contribution in [0.3, 0.4) is 0 Å². The van der Waals surface area contributed by atoms with Crippen LogP contribution in [0.2, 0.25) is 0 Å². The molecule has 1 unspecified atom stereocenters. The van der Waals surface area contributed by atoms with Crippen molar-refractivity contribution in [2.75, 3.05) is 6.61 Å². The van der Waals surface area contributed by atoms with E-state index in [4.69, 9.17) is 4.74 Å². The zero-order chi connectivity index (χ0) is 21.7. The highest BCUT2D eigenvalue weighted by Crippen LogP contribution is 2.19. The molecule has 0 spiro atoms. The van der Waals surface area contributed by atoms with E-state index in [2.05, 4.69) is 45.0 Å². The van der Waals surface area contributed by atoms with Crippen LogP contribution in [0.4, 0.5) is 0 Å². The molecule has 0 aliphatic carbocycles. The third kappa shape index (κ3) is 14.9. The van der Waals surface area contributed by atoms with Gasteiger partial charge in [0.15, 0.2) is 0 Å². The molecule has 0 aliphatic heterocycles. The standard InChI is InChI=1S/C29H52O/c1-4-7-9-10-11-12-13-14-15-16-17-18-19-22-28-23-20-24-29(25-28)30-26-27(6-3)21-8-5-2/h20,23-25,27H,4-19,21-22,26H2,1-3H3. The van der Waals surface area contributed by atoms with Crippen molar-refractivity contribution in [1.82, 2.24) is 0 Å². The van der Waals surface area contributed by atoms with E-state index in [1.54, 1.807) is 0 Å². The monoisotopic (exact) mass is 416 g/mol. The number of hydrogen-bond acceptors (Lipinski definition) is 1. The van der Waals surface area contributed by atoms with Gasteiger partial charge in [0.05, 0.1) is 6.61 Å². The van der Waals surface area contributed by atoms with Gasteiger partial charge >= 0.3 is 0 Å². The molecular weight excluding hydrogens is 364 g/mol. The first-order chi connectivity index (χ1) is 14.8. The minimum Gasteiger partial charge on any atom is -0.493 e. The van der Waals surface area contributed by atoms with Crippen molar-refractivity contribution in [3.63, 3.8) is 0 Å². The molecule has 1 aromatic rings. The molecule has 174 valence electrons. The second-order valence-electron chi connectivity index (χ2n) is 9.37. The summed E-state index contributed by atoms with van der Waals surface area (Å²) in [6.07, 6.45) is 24.8. The molecule has 1 heteroatoms. The Hall–Kier alpha value is -0.980. The Morgan fingerprint density at radius 1 is 0.667 bits per heavy atom. The first-order valence-corrected chi connectivity index (χ1v) is 13.5. The third-order valence-corrected chi connectivity index (χ3v) is 6.50. The Labute approximate surface area is 189 Å². The Morgan fingerprint density at radius 2 is 1.23 bits per heavy atom. The summed E-state index contributed by atoms with van der Waals surface area (Å²) in [7, 11) is 0. The fourth-order valence-corrected chi connectivity index (χ4v) is 4.25. The van der Waals surface area contributed by atoms with Crippen molar-refractivity contribution >= 4 is 0 Å². The topological polar surface area (TPSA) is 9.23 Å². The molecule has 0 saturated carbocycles. The summed E-state index contributed by atoms with van der Waals surface area (Å²) in [5.74, 6) is 1.77. The highest BCUT2D eigenvalue weighted by Gasteiger charge is 2.07. The molecule has 0 radical (unpaired) electrons. The van der Waals surface area contributed by atoms with Crippen molar-refractivity contribution in [3.05, 3.63) is 29.8 Å². The number of hydrogen-bond donors (Lipinski definition) is 0. The van der Waals surface area contributed by atoms with E-state index in [1.165, 1.54) is 121 Å². The summed E-state index contributed by atoms with van der Waals surface area (Å²) in [6, 6.07) is 8.83. The molecule has 0 fully saturated rings. The molecule has 1 atom stereocenters. The Morgan fingerprint density at radius 3 is 1.80 bits per heavy atom. The van der Waals surface area contributed by atoms with Gasteiger partial charge in [0.2, 0.25) is 0 Å². The zero-order valence-corrected chi connectivity index (χ0v) is 20.7. The molecule has 0 aromatic heterocycles. The molecule has 1 nitrogen and oxygen atoms in total. The van der Waals surface area contributed by atoms with Gasteiger partial charge in [-0.3, -0.25) is 0 Å². The normalized spacial score (nSPS) is 12.2. The fourth-order valence-electron chi connectivity index (χ4n) is 4.25. The second kappa shape index (κ2) is 20.0. The van der Waals surface area contributed by atoms with Gasteiger partial charge < -0.3 is 4.74 Å². The van der Waals surface area contributed by atoms with E-state index in [0.717, 1.165) is 12.4 Å². The summed E-state index contributed by atoms with van der Waals surface area (Å²) in [6.45, 7) is 7.73. The van der Waals surface area contributed by atoms with E-state index in [-0.39, 0.29) is 0 Å². The lowest BCUT2D eigenvalue weighted by atomic mass is 10.0. The van der Waals surface area contributed by atoms with Crippen LogP contribution in [0.15, 0.2) is 24.3 Å². The lowest BCUT2D eigenvalue weighted by molar-refractivity contribution is 0.233. The molecule has 0 heterocycles. The molecule has 1 rings (SSSR count).